The third-order valence-electron chi connectivity index (χ3n) is 6.76. The van der Waals surface area contributed by atoms with Crippen LogP contribution >= 0.6 is 45.5 Å². The number of methoxy groups -OCH3 is 1. The summed E-state index contributed by atoms with van der Waals surface area (Å²) in [7, 11) is 1.58. The molecule has 0 radical (unpaired) electrons. The van der Waals surface area contributed by atoms with Gasteiger partial charge in [0, 0.05) is 5.02 Å². The molecule has 1 atom stereocenters. The van der Waals surface area contributed by atoms with Crippen molar-refractivity contribution >= 4 is 57.6 Å². The monoisotopic (exact) mass is 714 g/mol. The highest BCUT2D eigenvalue weighted by Gasteiger charge is 2.33. The van der Waals surface area contributed by atoms with Crippen molar-refractivity contribution in [3.05, 3.63) is 122 Å². The molecular weight excluding hydrogens is 687 g/mol. The van der Waals surface area contributed by atoms with Crippen LogP contribution in [0.1, 0.15) is 42.1 Å². The number of nitrogens with zero attached hydrogens (tertiary/aromatic N) is 2. The predicted octanol–water partition coefficient (Wildman–Crippen LogP) is 5.95. The molecule has 42 heavy (non-hydrogen) atoms. The molecule has 1 aliphatic heterocycles. The molecule has 3 aromatic carbocycles. The molecule has 4 aromatic rings. The summed E-state index contributed by atoms with van der Waals surface area (Å²) in [5, 5.41) is 0.665. The van der Waals surface area contributed by atoms with E-state index >= 15 is 0 Å². The van der Waals surface area contributed by atoms with Crippen molar-refractivity contribution in [2.45, 2.75) is 33.4 Å². The van der Waals surface area contributed by atoms with Crippen molar-refractivity contribution in [3.8, 4) is 11.5 Å². The zero-order valence-electron chi connectivity index (χ0n) is 23.4. The van der Waals surface area contributed by atoms with Gasteiger partial charge in [-0.25, -0.2) is 9.79 Å². The van der Waals surface area contributed by atoms with Crippen LogP contribution in [0.4, 0.5) is 0 Å². The average Bonchev–Trinajstić information content (AvgIpc) is 3.26. The largest absolute Gasteiger partial charge is 0.493 e. The van der Waals surface area contributed by atoms with E-state index in [0.717, 1.165) is 25.8 Å². The minimum Gasteiger partial charge on any atom is -0.493 e. The number of hydrogen-bond donors (Lipinski definition) is 0. The smallest absolute Gasteiger partial charge is 0.338 e. The molecule has 1 aliphatic rings. The number of carbonyl (C=O) groups is 1. The molecule has 0 unspecified atom stereocenters. The Labute approximate surface area is 265 Å². The van der Waals surface area contributed by atoms with Crippen LogP contribution in [0.5, 0.6) is 11.5 Å². The fraction of sp³-hybridized carbons (Fsp3) is 0.219. The Morgan fingerprint density at radius 2 is 1.83 bits per heavy atom. The third-order valence-corrected chi connectivity index (χ3v) is 8.79. The lowest BCUT2D eigenvalue weighted by molar-refractivity contribution is -0.139. The van der Waals surface area contributed by atoms with Crippen LogP contribution in [0.2, 0.25) is 5.02 Å². The first-order chi connectivity index (χ1) is 20.2. The Kier molecular flexibility index (Phi) is 9.19. The highest BCUT2D eigenvalue weighted by molar-refractivity contribution is 14.1. The lowest BCUT2D eigenvalue weighted by Crippen LogP contribution is -2.39. The highest BCUT2D eigenvalue weighted by atomic mass is 127. The van der Waals surface area contributed by atoms with E-state index in [1.165, 1.54) is 11.3 Å². The number of hydrogen-bond acceptors (Lipinski definition) is 7. The molecule has 1 aromatic heterocycles. The van der Waals surface area contributed by atoms with Gasteiger partial charge in [0.2, 0.25) is 0 Å². The van der Waals surface area contributed by atoms with Crippen molar-refractivity contribution < 1.29 is 19.0 Å². The molecular formula is C32H28ClIN2O5S. The number of aromatic nitrogens is 1. The summed E-state index contributed by atoms with van der Waals surface area (Å²) >= 11 is 9.48. The maximum absolute atomic E-state index is 13.9. The molecule has 0 saturated heterocycles. The van der Waals surface area contributed by atoms with E-state index in [4.69, 9.17) is 25.8 Å². The van der Waals surface area contributed by atoms with Crippen LogP contribution < -0.4 is 24.4 Å². The highest BCUT2D eigenvalue weighted by Crippen LogP contribution is 2.35. The van der Waals surface area contributed by atoms with Crippen LogP contribution in [0, 0.1) is 10.5 Å². The first kappa shape index (κ1) is 30.1. The summed E-state index contributed by atoms with van der Waals surface area (Å²) in [5.74, 6) is 0.681. The first-order valence-electron chi connectivity index (χ1n) is 13.2. The molecule has 0 amide bonds. The van der Waals surface area contributed by atoms with E-state index in [2.05, 4.69) is 27.6 Å². The second-order valence-electron chi connectivity index (χ2n) is 9.66. The van der Waals surface area contributed by atoms with Crippen molar-refractivity contribution in [1.82, 2.24) is 4.57 Å². The van der Waals surface area contributed by atoms with Crippen LogP contribution in [-0.2, 0) is 16.1 Å². The number of esters is 1. The molecule has 10 heteroatoms. The summed E-state index contributed by atoms with van der Waals surface area (Å²) in [6.07, 6.45) is 1.81. The number of thiazole rings is 1. The first-order valence-corrected chi connectivity index (χ1v) is 15.5. The van der Waals surface area contributed by atoms with Crippen LogP contribution in [0.25, 0.3) is 6.08 Å². The molecule has 216 valence electrons. The van der Waals surface area contributed by atoms with Crippen molar-refractivity contribution in [1.29, 1.82) is 0 Å². The molecule has 0 spiro atoms. The van der Waals surface area contributed by atoms with Crippen molar-refractivity contribution in [2.24, 2.45) is 4.99 Å². The summed E-state index contributed by atoms with van der Waals surface area (Å²) in [6, 6.07) is 18.4. The Bertz CT molecular complexity index is 1860. The fourth-order valence-corrected chi connectivity index (χ4v) is 6.66. The third kappa shape index (κ3) is 6.18. The summed E-state index contributed by atoms with van der Waals surface area (Å²) in [5.41, 5.74) is 4.29. The quantitative estimate of drug-likeness (QED) is 0.167. The van der Waals surface area contributed by atoms with E-state index in [1.54, 1.807) is 25.5 Å². The average molecular weight is 715 g/mol. The molecule has 0 fully saturated rings. The molecule has 0 saturated carbocycles. The lowest BCUT2D eigenvalue weighted by Gasteiger charge is -2.24. The maximum atomic E-state index is 13.9. The second-order valence-corrected chi connectivity index (χ2v) is 12.3. The van der Waals surface area contributed by atoms with Crippen LogP contribution in [-0.4, -0.2) is 24.3 Å². The number of rotatable bonds is 8. The van der Waals surface area contributed by atoms with Gasteiger partial charge in [-0.05, 0) is 90.4 Å². The summed E-state index contributed by atoms with van der Waals surface area (Å²) < 4.78 is 20.0. The Morgan fingerprint density at radius 3 is 2.50 bits per heavy atom. The van der Waals surface area contributed by atoms with E-state index in [1.807, 2.05) is 73.7 Å². The summed E-state index contributed by atoms with van der Waals surface area (Å²) in [6.45, 7) is 6.10. The van der Waals surface area contributed by atoms with Crippen molar-refractivity contribution in [3.63, 3.8) is 0 Å². The molecule has 0 N–H and O–H groups in total. The molecule has 0 bridgehead atoms. The molecule has 7 nitrogen and oxygen atoms in total. The van der Waals surface area contributed by atoms with Gasteiger partial charge in [-0.2, -0.15) is 0 Å². The lowest BCUT2D eigenvalue weighted by atomic mass is 9.95. The van der Waals surface area contributed by atoms with Crippen LogP contribution in [0.3, 0.4) is 0 Å². The Balaban J connectivity index is 1.56. The molecule has 2 heterocycles. The van der Waals surface area contributed by atoms with Gasteiger partial charge >= 0.3 is 5.97 Å². The van der Waals surface area contributed by atoms with Gasteiger partial charge in [-0.3, -0.25) is 9.36 Å². The fourth-order valence-electron chi connectivity index (χ4n) is 4.71. The number of ether oxygens (including phenoxy) is 3. The maximum Gasteiger partial charge on any atom is 0.338 e. The van der Waals surface area contributed by atoms with Gasteiger partial charge in [0.05, 0.1) is 39.1 Å². The SMILES string of the molecule is CCOC(=O)C1=C(C)N=c2s/c(=C\c3cc(I)c(OCc4ccc(Cl)cc4)c(OC)c3)c(=O)n2[C@H]1c1ccc(C)cc1. The zero-order chi connectivity index (χ0) is 30.0. The van der Waals surface area contributed by atoms with Crippen LogP contribution in [0.15, 0.2) is 81.7 Å². The number of fused-ring (bicyclic) bond motifs is 1. The number of allylic oxidation sites excluding steroid dienone is 1. The van der Waals surface area contributed by atoms with Gasteiger partial charge in [0.15, 0.2) is 16.3 Å². The number of carbonyl (C=O) groups excluding carboxylic acids is 1. The zero-order valence-corrected chi connectivity index (χ0v) is 27.2. The Hall–Kier alpha value is -3.41. The number of aryl methyl sites for hydroxylation is 1. The minimum atomic E-state index is -0.652. The van der Waals surface area contributed by atoms with E-state index in [-0.39, 0.29) is 12.2 Å². The standard InChI is InChI=1S/C32H28ClIN2O5S/c1-5-40-31(38)27-19(3)35-32-36(28(27)22-10-6-18(2)7-11-22)30(37)26(42-32)16-21-14-24(34)29(25(15-21)39-4)41-17-20-8-12-23(33)13-9-20/h6-16,28H,5,17H2,1-4H3/b26-16-/t28-/m0/s1. The molecule has 0 aliphatic carbocycles. The van der Waals surface area contributed by atoms with E-state index < -0.39 is 12.0 Å². The van der Waals surface area contributed by atoms with Gasteiger partial charge in [-0.1, -0.05) is 64.9 Å². The van der Waals surface area contributed by atoms with Gasteiger partial charge in [0.25, 0.3) is 5.56 Å². The topological polar surface area (TPSA) is 79.1 Å². The normalized spacial score (nSPS) is 14.8. The van der Waals surface area contributed by atoms with E-state index in [0.29, 0.717) is 43.7 Å². The van der Waals surface area contributed by atoms with Gasteiger partial charge in [-0.15, -0.1) is 0 Å². The summed E-state index contributed by atoms with van der Waals surface area (Å²) in [4.78, 5) is 32.2. The minimum absolute atomic E-state index is 0.223. The molecule has 5 rings (SSSR count). The van der Waals surface area contributed by atoms with Crippen molar-refractivity contribution in [2.75, 3.05) is 13.7 Å². The second kappa shape index (κ2) is 12.8. The predicted molar refractivity (Wildman–Crippen MR) is 173 cm³/mol. The number of benzene rings is 3. The van der Waals surface area contributed by atoms with Gasteiger partial charge in [0.1, 0.15) is 6.61 Å². The Morgan fingerprint density at radius 1 is 1.12 bits per heavy atom. The van der Waals surface area contributed by atoms with E-state index in [9.17, 15) is 9.59 Å². The van der Waals surface area contributed by atoms with Gasteiger partial charge < -0.3 is 14.2 Å². The number of halogens is 2.